The van der Waals surface area contributed by atoms with E-state index >= 15 is 0 Å². The maximum atomic E-state index is 13.1. The summed E-state index contributed by atoms with van der Waals surface area (Å²) in [6, 6.07) is 7.30. The molecule has 0 radical (unpaired) electrons. The van der Waals surface area contributed by atoms with Gasteiger partial charge in [-0.25, -0.2) is 8.78 Å². The minimum absolute atomic E-state index is 0.212. The first-order valence-electron chi connectivity index (χ1n) is 5.53. The van der Waals surface area contributed by atoms with Gasteiger partial charge in [-0.3, -0.25) is 4.79 Å². The minimum atomic E-state index is -0.825. The first kappa shape index (κ1) is 13.0. The minimum Gasteiger partial charge on any atom is -0.505 e. The normalized spacial score (nSPS) is 10.3. The molecule has 0 aliphatic rings. The second-order valence-corrected chi connectivity index (χ2v) is 4.08. The van der Waals surface area contributed by atoms with Gasteiger partial charge in [0.1, 0.15) is 5.82 Å². The van der Waals surface area contributed by atoms with Crippen LogP contribution in [0.4, 0.5) is 14.5 Å². The van der Waals surface area contributed by atoms with Crippen molar-refractivity contribution < 1.29 is 18.7 Å². The lowest BCUT2D eigenvalue weighted by atomic mass is 10.1. The van der Waals surface area contributed by atoms with E-state index in [1.807, 2.05) is 0 Å². The number of phenolic OH excluding ortho intramolecular Hbond substituents is 1. The van der Waals surface area contributed by atoms with Crippen molar-refractivity contribution in [2.24, 2.45) is 0 Å². The molecular weight excluding hydrogens is 252 g/mol. The van der Waals surface area contributed by atoms with Crippen LogP contribution in [0, 0.1) is 18.6 Å². The number of phenols is 1. The summed E-state index contributed by atoms with van der Waals surface area (Å²) in [7, 11) is 0. The predicted octanol–water partition coefficient (Wildman–Crippen LogP) is 3.23. The topological polar surface area (TPSA) is 49.3 Å². The van der Waals surface area contributed by atoms with Gasteiger partial charge in [-0.05, 0) is 42.8 Å². The van der Waals surface area contributed by atoms with E-state index in [0.717, 1.165) is 12.1 Å². The van der Waals surface area contributed by atoms with Crippen LogP contribution >= 0.6 is 0 Å². The van der Waals surface area contributed by atoms with Gasteiger partial charge in [0.05, 0.1) is 0 Å². The van der Waals surface area contributed by atoms with E-state index in [9.17, 15) is 13.6 Å². The zero-order chi connectivity index (χ0) is 14.0. The average Bonchev–Trinajstić information content (AvgIpc) is 2.33. The smallest absolute Gasteiger partial charge is 0.255 e. The summed E-state index contributed by atoms with van der Waals surface area (Å²) >= 11 is 0. The average molecular weight is 263 g/mol. The summed E-state index contributed by atoms with van der Waals surface area (Å²) in [5.74, 6) is -2.21. The van der Waals surface area contributed by atoms with Crippen LogP contribution in [0.25, 0.3) is 0 Å². The van der Waals surface area contributed by atoms with Crippen LogP contribution in [0.2, 0.25) is 0 Å². The summed E-state index contributed by atoms with van der Waals surface area (Å²) in [5.41, 5.74) is 0.996. The summed E-state index contributed by atoms with van der Waals surface area (Å²) < 4.78 is 26.0. The van der Waals surface area contributed by atoms with Gasteiger partial charge in [0, 0.05) is 17.3 Å². The fourth-order valence-electron chi connectivity index (χ4n) is 1.66. The Morgan fingerprint density at radius 1 is 1.16 bits per heavy atom. The van der Waals surface area contributed by atoms with Gasteiger partial charge in [-0.1, -0.05) is 0 Å². The van der Waals surface area contributed by atoms with Gasteiger partial charge < -0.3 is 10.4 Å². The van der Waals surface area contributed by atoms with Crippen LogP contribution in [0.1, 0.15) is 15.9 Å². The number of aryl methyl sites for hydroxylation is 1. The molecule has 0 fully saturated rings. The maximum absolute atomic E-state index is 13.1. The SMILES string of the molecule is Cc1cc(F)ccc1C(=O)Nc1ccc(O)c(F)c1. The van der Waals surface area contributed by atoms with E-state index in [0.29, 0.717) is 11.1 Å². The van der Waals surface area contributed by atoms with Crippen molar-refractivity contribution >= 4 is 11.6 Å². The van der Waals surface area contributed by atoms with Crippen molar-refractivity contribution in [1.82, 2.24) is 0 Å². The van der Waals surface area contributed by atoms with Crippen LogP contribution < -0.4 is 5.32 Å². The highest BCUT2D eigenvalue weighted by atomic mass is 19.1. The van der Waals surface area contributed by atoms with E-state index < -0.39 is 23.3 Å². The highest BCUT2D eigenvalue weighted by Gasteiger charge is 2.11. The molecule has 0 saturated heterocycles. The number of rotatable bonds is 2. The third kappa shape index (κ3) is 2.88. The van der Waals surface area contributed by atoms with Crippen molar-refractivity contribution in [3.63, 3.8) is 0 Å². The van der Waals surface area contributed by atoms with Gasteiger partial charge in [0.2, 0.25) is 0 Å². The molecule has 2 N–H and O–H groups in total. The first-order valence-corrected chi connectivity index (χ1v) is 5.53. The number of hydrogen-bond acceptors (Lipinski definition) is 2. The van der Waals surface area contributed by atoms with E-state index in [2.05, 4.69) is 5.32 Å². The third-order valence-electron chi connectivity index (χ3n) is 2.64. The van der Waals surface area contributed by atoms with Gasteiger partial charge >= 0.3 is 0 Å². The van der Waals surface area contributed by atoms with E-state index in [1.54, 1.807) is 6.92 Å². The molecule has 0 unspecified atom stereocenters. The maximum Gasteiger partial charge on any atom is 0.255 e. The second kappa shape index (κ2) is 5.06. The molecule has 2 aromatic carbocycles. The van der Waals surface area contributed by atoms with Crippen molar-refractivity contribution in [2.45, 2.75) is 6.92 Å². The lowest BCUT2D eigenvalue weighted by Gasteiger charge is -2.08. The molecule has 1 amide bonds. The fourth-order valence-corrected chi connectivity index (χ4v) is 1.66. The zero-order valence-corrected chi connectivity index (χ0v) is 10.1. The summed E-state index contributed by atoms with van der Waals surface area (Å²) in [5, 5.41) is 11.5. The molecule has 0 aliphatic carbocycles. The van der Waals surface area contributed by atoms with Gasteiger partial charge in [0.15, 0.2) is 11.6 Å². The number of halogens is 2. The quantitative estimate of drug-likeness (QED) is 0.817. The predicted molar refractivity (Wildman–Crippen MR) is 67.2 cm³/mol. The standard InChI is InChI=1S/C14H11F2NO2/c1-8-6-9(15)2-4-11(8)14(19)17-10-3-5-13(18)12(16)7-10/h2-7,18H,1H3,(H,17,19). The number of anilines is 1. The summed E-state index contributed by atoms with van der Waals surface area (Å²) in [6.07, 6.45) is 0. The molecule has 0 aromatic heterocycles. The number of benzene rings is 2. The number of aromatic hydroxyl groups is 1. The highest BCUT2D eigenvalue weighted by molar-refractivity contribution is 6.05. The molecular formula is C14H11F2NO2. The molecule has 0 bridgehead atoms. The van der Waals surface area contributed by atoms with Crippen molar-refractivity contribution in [3.05, 3.63) is 59.2 Å². The van der Waals surface area contributed by atoms with E-state index in [4.69, 9.17) is 5.11 Å². The van der Waals surface area contributed by atoms with Crippen LogP contribution in [-0.4, -0.2) is 11.0 Å². The molecule has 3 nitrogen and oxygen atoms in total. The van der Waals surface area contributed by atoms with Gasteiger partial charge in [-0.15, -0.1) is 0 Å². The molecule has 5 heteroatoms. The Balaban J connectivity index is 2.23. The Labute approximate surface area is 108 Å². The van der Waals surface area contributed by atoms with Gasteiger partial charge in [0.25, 0.3) is 5.91 Å². The lowest BCUT2D eigenvalue weighted by molar-refractivity contribution is 0.102. The molecule has 2 rings (SSSR count). The van der Waals surface area contributed by atoms with Crippen LogP contribution in [0.5, 0.6) is 5.75 Å². The van der Waals surface area contributed by atoms with Crippen molar-refractivity contribution in [2.75, 3.05) is 5.32 Å². The molecule has 0 spiro atoms. The molecule has 98 valence electrons. The summed E-state index contributed by atoms with van der Waals surface area (Å²) in [4.78, 5) is 11.9. The Hall–Kier alpha value is -2.43. The third-order valence-corrected chi connectivity index (χ3v) is 2.64. The molecule has 0 saturated carbocycles. The lowest BCUT2D eigenvalue weighted by Crippen LogP contribution is -2.13. The van der Waals surface area contributed by atoms with Crippen LogP contribution in [0.3, 0.4) is 0 Å². The zero-order valence-electron chi connectivity index (χ0n) is 10.1. The number of nitrogens with one attached hydrogen (secondary N) is 1. The Morgan fingerprint density at radius 3 is 2.53 bits per heavy atom. The molecule has 0 atom stereocenters. The Morgan fingerprint density at radius 2 is 1.89 bits per heavy atom. The first-order chi connectivity index (χ1) is 8.97. The highest BCUT2D eigenvalue weighted by Crippen LogP contribution is 2.20. The number of amides is 1. The van der Waals surface area contributed by atoms with Gasteiger partial charge in [-0.2, -0.15) is 0 Å². The van der Waals surface area contributed by atoms with Crippen LogP contribution in [-0.2, 0) is 0 Å². The Kier molecular flexibility index (Phi) is 3.46. The van der Waals surface area contributed by atoms with E-state index in [1.165, 1.54) is 24.3 Å². The Bertz CT molecular complexity index is 641. The molecule has 0 aliphatic heterocycles. The van der Waals surface area contributed by atoms with E-state index in [-0.39, 0.29) is 5.69 Å². The summed E-state index contributed by atoms with van der Waals surface area (Å²) in [6.45, 7) is 1.61. The van der Waals surface area contributed by atoms with Crippen molar-refractivity contribution in [3.8, 4) is 5.75 Å². The number of hydrogen-bond donors (Lipinski definition) is 2. The molecule has 0 heterocycles. The second-order valence-electron chi connectivity index (χ2n) is 4.08. The molecule has 2 aromatic rings. The molecule has 19 heavy (non-hydrogen) atoms. The number of carbonyl (C=O) groups excluding carboxylic acids is 1. The van der Waals surface area contributed by atoms with Crippen molar-refractivity contribution in [1.29, 1.82) is 0 Å². The van der Waals surface area contributed by atoms with Crippen LogP contribution in [0.15, 0.2) is 36.4 Å². The largest absolute Gasteiger partial charge is 0.505 e. The monoisotopic (exact) mass is 263 g/mol. The number of carbonyl (C=O) groups is 1. The fraction of sp³-hybridized carbons (Fsp3) is 0.0714.